The van der Waals surface area contributed by atoms with Gasteiger partial charge < -0.3 is 35.1 Å². The molecule has 1 saturated heterocycles. The van der Waals surface area contributed by atoms with E-state index < -0.39 is 24.0 Å². The first-order chi connectivity index (χ1) is 19.8. The number of hydrogen-bond acceptors (Lipinski definition) is 8. The second-order valence-electron chi connectivity index (χ2n) is 12.6. The number of ether oxygens (including phenoxy) is 2. The molecule has 0 bridgehead atoms. The van der Waals surface area contributed by atoms with Gasteiger partial charge in [0.1, 0.15) is 41.5 Å². The third kappa shape index (κ3) is 3.99. The maximum absolute atomic E-state index is 12.2. The Labute approximate surface area is 239 Å². The van der Waals surface area contributed by atoms with Gasteiger partial charge in [0.2, 0.25) is 0 Å². The molecule has 8 atom stereocenters. The van der Waals surface area contributed by atoms with E-state index in [2.05, 4.69) is 46.9 Å². The molecule has 9 heteroatoms. The Hall–Kier alpha value is -3.16. The molecule has 2 aromatic heterocycles. The van der Waals surface area contributed by atoms with Gasteiger partial charge in [-0.05, 0) is 79.5 Å². The van der Waals surface area contributed by atoms with Crippen LogP contribution >= 0.6 is 0 Å². The fourth-order valence-electron chi connectivity index (χ4n) is 8.55. The number of methoxy groups -OCH3 is 1. The lowest BCUT2D eigenvalue weighted by Gasteiger charge is -2.52. The highest BCUT2D eigenvalue weighted by molar-refractivity contribution is 5.92. The predicted octanol–water partition coefficient (Wildman–Crippen LogP) is 3.30. The number of fused-ring (bicyclic) bond motifs is 6. The molecule has 3 heterocycles. The van der Waals surface area contributed by atoms with Gasteiger partial charge in [0.15, 0.2) is 0 Å². The van der Waals surface area contributed by atoms with E-state index in [0.29, 0.717) is 53.0 Å². The number of aliphatic hydroxyl groups is 3. The molecule has 0 spiro atoms. The number of hydrogen-bond donors (Lipinski definition) is 4. The second kappa shape index (κ2) is 9.70. The first kappa shape index (κ1) is 26.7. The Morgan fingerprint density at radius 2 is 2.07 bits per heavy atom. The lowest BCUT2D eigenvalue weighted by atomic mass is 9.53. The molecule has 0 radical (unpaired) electrons. The molecule has 5 N–H and O–H groups in total. The third-order valence-corrected chi connectivity index (χ3v) is 10.8. The normalized spacial score (nSPS) is 35.8. The zero-order valence-corrected chi connectivity index (χ0v) is 23.6. The number of nitrogens with two attached hydrogens (primary N) is 1. The summed E-state index contributed by atoms with van der Waals surface area (Å²) in [4.78, 5) is 8.63. The van der Waals surface area contributed by atoms with Crippen molar-refractivity contribution >= 4 is 16.9 Å². The van der Waals surface area contributed by atoms with Crippen LogP contribution in [0.15, 0.2) is 30.7 Å². The van der Waals surface area contributed by atoms with E-state index in [1.807, 2.05) is 6.20 Å². The van der Waals surface area contributed by atoms with Crippen molar-refractivity contribution < 1.29 is 24.8 Å². The molecule has 2 saturated carbocycles. The summed E-state index contributed by atoms with van der Waals surface area (Å²) in [6.45, 7) is 1.97. The van der Waals surface area contributed by atoms with Crippen LogP contribution in [0.4, 0.5) is 5.82 Å². The van der Waals surface area contributed by atoms with Crippen LogP contribution in [0.5, 0.6) is 5.75 Å². The predicted molar refractivity (Wildman–Crippen MR) is 153 cm³/mol. The van der Waals surface area contributed by atoms with E-state index in [-0.39, 0.29) is 12.0 Å². The summed E-state index contributed by atoms with van der Waals surface area (Å²) in [5.41, 5.74) is 8.91. The number of anilines is 1. The van der Waals surface area contributed by atoms with Gasteiger partial charge in [-0.1, -0.05) is 24.8 Å². The molecule has 3 fully saturated rings. The van der Waals surface area contributed by atoms with Crippen molar-refractivity contribution in [2.24, 2.45) is 17.3 Å². The summed E-state index contributed by atoms with van der Waals surface area (Å²) in [6.07, 6.45) is 7.28. The quantitative estimate of drug-likeness (QED) is 0.360. The topological polar surface area (TPSA) is 136 Å². The number of rotatable bonds is 3. The Bertz CT molecular complexity index is 1560. The summed E-state index contributed by atoms with van der Waals surface area (Å²) in [5, 5.41) is 32.7. The summed E-state index contributed by atoms with van der Waals surface area (Å²) >= 11 is 0. The average Bonchev–Trinajstić information content (AvgIpc) is 3.63. The van der Waals surface area contributed by atoms with Crippen LogP contribution in [0, 0.1) is 29.1 Å². The van der Waals surface area contributed by atoms with Crippen LogP contribution in [0.2, 0.25) is 0 Å². The van der Waals surface area contributed by atoms with Crippen LogP contribution in [0.1, 0.15) is 74.3 Å². The maximum atomic E-state index is 12.2. The van der Waals surface area contributed by atoms with E-state index in [1.165, 1.54) is 17.5 Å². The molecule has 1 aliphatic heterocycles. The van der Waals surface area contributed by atoms with Crippen molar-refractivity contribution in [2.75, 3.05) is 19.5 Å². The van der Waals surface area contributed by atoms with Crippen molar-refractivity contribution in [3.05, 3.63) is 47.4 Å². The Kier molecular flexibility index (Phi) is 6.32. The molecule has 7 rings (SSSR count). The van der Waals surface area contributed by atoms with Gasteiger partial charge in [0, 0.05) is 18.0 Å². The van der Waals surface area contributed by atoms with Crippen molar-refractivity contribution in [1.82, 2.24) is 14.5 Å². The lowest BCUT2D eigenvalue weighted by Crippen LogP contribution is -2.50. The van der Waals surface area contributed by atoms with E-state index in [1.54, 1.807) is 11.7 Å². The summed E-state index contributed by atoms with van der Waals surface area (Å²) in [6, 6.07) is 6.54. The van der Waals surface area contributed by atoms with Crippen molar-refractivity contribution in [3.8, 4) is 17.6 Å². The first-order valence-electron chi connectivity index (χ1n) is 14.7. The Morgan fingerprint density at radius 3 is 2.85 bits per heavy atom. The van der Waals surface area contributed by atoms with Gasteiger partial charge in [-0.25, -0.2) is 9.97 Å². The molecule has 41 heavy (non-hydrogen) atoms. The maximum Gasteiger partial charge on any atom is 0.148 e. The number of nitrogens with zero attached hydrogens (tertiary/aromatic N) is 3. The van der Waals surface area contributed by atoms with Crippen LogP contribution < -0.4 is 10.5 Å². The van der Waals surface area contributed by atoms with Crippen molar-refractivity contribution in [1.29, 1.82) is 0 Å². The monoisotopic (exact) mass is 558 g/mol. The van der Waals surface area contributed by atoms with Crippen molar-refractivity contribution in [2.45, 2.75) is 81.8 Å². The van der Waals surface area contributed by atoms with Crippen LogP contribution in [0.25, 0.3) is 11.0 Å². The molecule has 216 valence electrons. The van der Waals surface area contributed by atoms with Crippen molar-refractivity contribution in [3.63, 3.8) is 0 Å². The highest BCUT2D eigenvalue weighted by Gasteiger charge is 2.61. The standard InChI is InChI=1S/C32H38N4O5/c1-31-10-8-22-21-6-4-20(40-2)13-18(21)3-5-23(22)24(31)9-12-32(31,39)11-7-19-15-36(27-14-25(38)26(16-37)41-27)30-28(19)29(33)34-17-35-30/h4,6,13,15,17,22-27,37-39H,3,5,8-10,12,14,16H2,1-2H3,(H2,33,34,35)/t22-,23-,24+,25+,26-,27-,31+,32+/m1/s1. The summed E-state index contributed by atoms with van der Waals surface area (Å²) < 4.78 is 13.2. The minimum atomic E-state index is -1.12. The van der Waals surface area contributed by atoms with Gasteiger partial charge in [-0.3, -0.25) is 0 Å². The largest absolute Gasteiger partial charge is 0.497 e. The Balaban J connectivity index is 1.21. The van der Waals surface area contributed by atoms with Gasteiger partial charge >= 0.3 is 0 Å². The van der Waals surface area contributed by atoms with Crippen LogP contribution in [-0.4, -0.2) is 61.4 Å². The number of benzene rings is 1. The highest BCUT2D eigenvalue weighted by atomic mass is 16.5. The fraction of sp³-hybridized carbons (Fsp3) is 0.562. The zero-order chi connectivity index (χ0) is 28.5. The van der Waals surface area contributed by atoms with Gasteiger partial charge in [-0.2, -0.15) is 0 Å². The molecular formula is C32H38N4O5. The number of aromatic nitrogens is 3. The third-order valence-electron chi connectivity index (χ3n) is 10.8. The smallest absolute Gasteiger partial charge is 0.148 e. The molecule has 3 aliphatic carbocycles. The molecule has 0 amide bonds. The van der Waals surface area contributed by atoms with E-state index in [9.17, 15) is 15.3 Å². The van der Waals surface area contributed by atoms with E-state index >= 15 is 0 Å². The van der Waals surface area contributed by atoms with Crippen LogP contribution in [-0.2, 0) is 11.2 Å². The molecule has 9 nitrogen and oxygen atoms in total. The summed E-state index contributed by atoms with van der Waals surface area (Å²) in [7, 11) is 1.72. The first-order valence-corrected chi connectivity index (χ1v) is 14.7. The van der Waals surface area contributed by atoms with Gasteiger partial charge in [0.05, 0.1) is 30.8 Å². The lowest BCUT2D eigenvalue weighted by molar-refractivity contribution is -0.0647. The average molecular weight is 559 g/mol. The highest BCUT2D eigenvalue weighted by Crippen LogP contribution is 2.64. The van der Waals surface area contributed by atoms with Gasteiger partial charge in [0.25, 0.3) is 0 Å². The second-order valence-corrected chi connectivity index (χ2v) is 12.6. The minimum absolute atomic E-state index is 0.269. The molecule has 1 aromatic carbocycles. The molecule has 3 aromatic rings. The fourth-order valence-corrected chi connectivity index (χ4v) is 8.55. The van der Waals surface area contributed by atoms with E-state index in [0.717, 1.165) is 37.9 Å². The number of nitrogen functional groups attached to an aromatic ring is 1. The van der Waals surface area contributed by atoms with E-state index in [4.69, 9.17) is 15.2 Å². The Morgan fingerprint density at radius 1 is 1.22 bits per heavy atom. The zero-order valence-electron chi connectivity index (χ0n) is 23.6. The molecule has 4 aliphatic rings. The number of aryl methyl sites for hydroxylation is 1. The number of aliphatic hydroxyl groups excluding tert-OH is 2. The van der Waals surface area contributed by atoms with Crippen LogP contribution in [0.3, 0.4) is 0 Å². The molecule has 0 unspecified atom stereocenters. The summed E-state index contributed by atoms with van der Waals surface area (Å²) in [5.74, 6) is 9.28. The van der Waals surface area contributed by atoms with Gasteiger partial charge in [-0.15, -0.1) is 0 Å². The SMILES string of the molecule is COc1ccc2c(c1)CC[C@@H]1[C@@H]2CC[C@@]2(C)[C@H]1CC[C@@]2(O)C#Cc1cn([C@H]2C[C@H](O)[C@@H](CO)O2)c2ncnc(N)c12. The minimum Gasteiger partial charge on any atom is -0.497 e. The molecular weight excluding hydrogens is 520 g/mol.